The molecule has 2 rings (SSSR count). The number of hydrogen-bond acceptors (Lipinski definition) is 3. The van der Waals surface area contributed by atoms with E-state index in [0.29, 0.717) is 36.0 Å². The highest BCUT2D eigenvalue weighted by Gasteiger charge is 2.10. The van der Waals surface area contributed by atoms with Gasteiger partial charge in [0.2, 0.25) is 0 Å². The molecule has 0 atom stereocenters. The van der Waals surface area contributed by atoms with Crippen molar-refractivity contribution in [1.29, 1.82) is 0 Å². The van der Waals surface area contributed by atoms with E-state index in [1.54, 1.807) is 12.1 Å². The van der Waals surface area contributed by atoms with Gasteiger partial charge in [-0.05, 0) is 43.2 Å². The predicted molar refractivity (Wildman–Crippen MR) is 97.0 cm³/mol. The van der Waals surface area contributed by atoms with E-state index >= 15 is 0 Å². The number of hydrogen-bond donors (Lipinski definition) is 1. The van der Waals surface area contributed by atoms with E-state index in [1.165, 1.54) is 0 Å². The summed E-state index contributed by atoms with van der Waals surface area (Å²) in [7, 11) is 0. The molecule has 0 bridgehead atoms. The molecule has 0 saturated heterocycles. The van der Waals surface area contributed by atoms with Crippen LogP contribution in [0.25, 0.3) is 0 Å². The zero-order valence-electron chi connectivity index (χ0n) is 14.4. The van der Waals surface area contributed by atoms with Crippen LogP contribution in [0.2, 0.25) is 0 Å². The summed E-state index contributed by atoms with van der Waals surface area (Å²) in [6.07, 6.45) is 2.98. The van der Waals surface area contributed by atoms with Crippen molar-refractivity contribution >= 4 is 11.6 Å². The third kappa shape index (κ3) is 5.30. The molecule has 0 saturated carbocycles. The number of para-hydroxylation sites is 2. The number of rotatable bonds is 9. The Labute approximate surface area is 143 Å². The number of benzene rings is 2. The van der Waals surface area contributed by atoms with Crippen LogP contribution in [0.15, 0.2) is 48.5 Å². The molecule has 0 aliphatic carbocycles. The van der Waals surface area contributed by atoms with Gasteiger partial charge in [-0.15, -0.1) is 0 Å². The van der Waals surface area contributed by atoms with Crippen molar-refractivity contribution in [1.82, 2.24) is 0 Å². The first-order chi connectivity index (χ1) is 11.7. The first-order valence-electron chi connectivity index (χ1n) is 8.50. The second kappa shape index (κ2) is 9.60. The number of unbranched alkanes of at least 4 members (excludes halogenated alkanes) is 1. The summed E-state index contributed by atoms with van der Waals surface area (Å²) in [6.45, 7) is 5.44. The molecule has 0 spiro atoms. The Morgan fingerprint density at radius 1 is 0.958 bits per heavy atom. The van der Waals surface area contributed by atoms with Gasteiger partial charge in [-0.25, -0.2) is 0 Å². The van der Waals surface area contributed by atoms with Crippen molar-refractivity contribution in [2.24, 2.45) is 0 Å². The SMILES string of the molecule is CCCCOc1ccccc1NC(=O)c1cccc(OCCC)c1. The number of carbonyl (C=O) groups excluding carboxylic acids is 1. The average molecular weight is 327 g/mol. The van der Waals surface area contributed by atoms with Gasteiger partial charge in [0.05, 0.1) is 18.9 Å². The average Bonchev–Trinajstić information content (AvgIpc) is 2.62. The topological polar surface area (TPSA) is 47.6 Å². The largest absolute Gasteiger partial charge is 0.494 e. The molecule has 0 fully saturated rings. The van der Waals surface area contributed by atoms with Crippen LogP contribution < -0.4 is 14.8 Å². The van der Waals surface area contributed by atoms with Gasteiger partial charge in [-0.2, -0.15) is 0 Å². The number of anilines is 1. The fraction of sp³-hybridized carbons (Fsp3) is 0.350. The second-order valence-electron chi connectivity index (χ2n) is 5.53. The Bertz CT molecular complexity index is 655. The summed E-state index contributed by atoms with van der Waals surface area (Å²) in [4.78, 5) is 12.5. The van der Waals surface area contributed by atoms with Gasteiger partial charge in [0.15, 0.2) is 0 Å². The first kappa shape index (κ1) is 17.9. The molecule has 0 aliphatic rings. The fourth-order valence-electron chi connectivity index (χ4n) is 2.16. The Morgan fingerprint density at radius 2 is 1.79 bits per heavy atom. The zero-order chi connectivity index (χ0) is 17.2. The molecule has 24 heavy (non-hydrogen) atoms. The predicted octanol–water partition coefficient (Wildman–Crippen LogP) is 4.91. The van der Waals surface area contributed by atoms with Gasteiger partial charge in [-0.1, -0.05) is 38.5 Å². The molecule has 128 valence electrons. The van der Waals surface area contributed by atoms with E-state index in [4.69, 9.17) is 9.47 Å². The minimum Gasteiger partial charge on any atom is -0.494 e. The van der Waals surface area contributed by atoms with Crippen molar-refractivity contribution in [2.45, 2.75) is 33.1 Å². The molecule has 4 nitrogen and oxygen atoms in total. The van der Waals surface area contributed by atoms with Crippen LogP contribution in [-0.4, -0.2) is 19.1 Å². The molecule has 1 amide bonds. The molecule has 2 aromatic rings. The maximum atomic E-state index is 12.5. The Kier molecular flexibility index (Phi) is 7.15. The van der Waals surface area contributed by atoms with Crippen molar-refractivity contribution < 1.29 is 14.3 Å². The maximum Gasteiger partial charge on any atom is 0.255 e. The Morgan fingerprint density at radius 3 is 2.58 bits per heavy atom. The van der Waals surface area contributed by atoms with Crippen LogP contribution in [0.3, 0.4) is 0 Å². The molecule has 0 radical (unpaired) electrons. The van der Waals surface area contributed by atoms with E-state index in [2.05, 4.69) is 12.2 Å². The molecular weight excluding hydrogens is 302 g/mol. The van der Waals surface area contributed by atoms with E-state index < -0.39 is 0 Å². The summed E-state index contributed by atoms with van der Waals surface area (Å²) in [5.41, 5.74) is 1.24. The quantitative estimate of drug-likeness (QED) is 0.666. The summed E-state index contributed by atoms with van der Waals surface area (Å²) in [5, 5.41) is 2.92. The summed E-state index contributed by atoms with van der Waals surface area (Å²) >= 11 is 0. The van der Waals surface area contributed by atoms with E-state index in [1.807, 2.05) is 43.3 Å². The van der Waals surface area contributed by atoms with Crippen LogP contribution in [0, 0.1) is 0 Å². The van der Waals surface area contributed by atoms with Gasteiger partial charge in [0.1, 0.15) is 11.5 Å². The third-order valence-corrected chi connectivity index (χ3v) is 3.46. The monoisotopic (exact) mass is 327 g/mol. The number of nitrogens with one attached hydrogen (secondary N) is 1. The van der Waals surface area contributed by atoms with Crippen LogP contribution in [0.4, 0.5) is 5.69 Å². The number of ether oxygens (including phenoxy) is 2. The second-order valence-corrected chi connectivity index (χ2v) is 5.53. The molecule has 0 aromatic heterocycles. The minimum absolute atomic E-state index is 0.177. The van der Waals surface area contributed by atoms with Gasteiger partial charge in [0.25, 0.3) is 5.91 Å². The first-order valence-corrected chi connectivity index (χ1v) is 8.50. The number of carbonyl (C=O) groups is 1. The van der Waals surface area contributed by atoms with Crippen molar-refractivity contribution in [3.8, 4) is 11.5 Å². The van der Waals surface area contributed by atoms with Crippen LogP contribution in [0.1, 0.15) is 43.5 Å². The highest BCUT2D eigenvalue weighted by Crippen LogP contribution is 2.25. The highest BCUT2D eigenvalue weighted by atomic mass is 16.5. The normalized spacial score (nSPS) is 10.2. The van der Waals surface area contributed by atoms with E-state index in [9.17, 15) is 4.79 Å². The lowest BCUT2D eigenvalue weighted by Gasteiger charge is -2.12. The van der Waals surface area contributed by atoms with E-state index in [-0.39, 0.29) is 5.91 Å². The fourth-order valence-corrected chi connectivity index (χ4v) is 2.16. The standard InChI is InChI=1S/C20H25NO3/c1-3-5-14-24-19-12-7-6-11-18(19)21-20(22)16-9-8-10-17(15-16)23-13-4-2/h6-12,15H,3-5,13-14H2,1-2H3,(H,21,22). The molecule has 0 unspecified atom stereocenters. The van der Waals surface area contributed by atoms with Gasteiger partial charge >= 0.3 is 0 Å². The van der Waals surface area contributed by atoms with Crippen LogP contribution in [-0.2, 0) is 0 Å². The molecular formula is C20H25NO3. The molecule has 2 aromatic carbocycles. The summed E-state index contributed by atoms with van der Waals surface area (Å²) in [5.74, 6) is 1.22. The minimum atomic E-state index is -0.177. The summed E-state index contributed by atoms with van der Waals surface area (Å²) in [6, 6.07) is 14.7. The van der Waals surface area contributed by atoms with Gasteiger partial charge < -0.3 is 14.8 Å². The highest BCUT2D eigenvalue weighted by molar-refractivity contribution is 6.05. The lowest BCUT2D eigenvalue weighted by molar-refractivity contribution is 0.102. The molecule has 1 N–H and O–H groups in total. The van der Waals surface area contributed by atoms with Crippen LogP contribution in [0.5, 0.6) is 11.5 Å². The molecule has 0 heterocycles. The lowest BCUT2D eigenvalue weighted by atomic mass is 10.2. The van der Waals surface area contributed by atoms with Crippen molar-refractivity contribution in [3.63, 3.8) is 0 Å². The summed E-state index contributed by atoms with van der Waals surface area (Å²) < 4.78 is 11.3. The zero-order valence-corrected chi connectivity index (χ0v) is 14.4. The number of amides is 1. The van der Waals surface area contributed by atoms with Gasteiger partial charge in [0, 0.05) is 5.56 Å². The van der Waals surface area contributed by atoms with Crippen molar-refractivity contribution in [3.05, 3.63) is 54.1 Å². The Balaban J connectivity index is 2.06. The van der Waals surface area contributed by atoms with Gasteiger partial charge in [-0.3, -0.25) is 4.79 Å². The van der Waals surface area contributed by atoms with E-state index in [0.717, 1.165) is 19.3 Å². The third-order valence-electron chi connectivity index (χ3n) is 3.46. The van der Waals surface area contributed by atoms with Crippen molar-refractivity contribution in [2.75, 3.05) is 18.5 Å². The molecule has 4 heteroatoms. The lowest BCUT2D eigenvalue weighted by Crippen LogP contribution is -2.13. The Hall–Kier alpha value is -2.49. The molecule has 0 aliphatic heterocycles. The maximum absolute atomic E-state index is 12.5. The van der Waals surface area contributed by atoms with Crippen LogP contribution >= 0.6 is 0 Å². The smallest absolute Gasteiger partial charge is 0.255 e.